The minimum absolute atomic E-state index is 0.0314. The van der Waals surface area contributed by atoms with E-state index in [-0.39, 0.29) is 17.3 Å². The number of carbonyl (C=O) groups excluding carboxylic acids is 2. The van der Waals surface area contributed by atoms with E-state index in [0.29, 0.717) is 16.4 Å². The molecular weight excluding hydrogens is 300 g/mol. The van der Waals surface area contributed by atoms with Crippen molar-refractivity contribution in [1.82, 2.24) is 20.2 Å². The van der Waals surface area contributed by atoms with Gasteiger partial charge in [-0.1, -0.05) is 18.7 Å². The van der Waals surface area contributed by atoms with Crippen LogP contribution in [0.4, 0.5) is 0 Å². The minimum Gasteiger partial charge on any atom is -0.355 e. The molecule has 0 spiro atoms. The fourth-order valence-corrected chi connectivity index (χ4v) is 3.14. The molecule has 0 radical (unpaired) electrons. The first-order valence-corrected chi connectivity index (χ1v) is 8.20. The van der Waals surface area contributed by atoms with Gasteiger partial charge in [0.05, 0.1) is 11.4 Å². The standard InChI is InChI=1S/C15H20N4O2S/c1-5-6-12-17-15(19-18-12)22-7-11(21)14-8(2)13(10(4)20)9(3)16-14/h16H,5-7H2,1-4H3,(H,17,18,19). The van der Waals surface area contributed by atoms with Gasteiger partial charge in [-0.2, -0.15) is 0 Å². The molecule has 7 heteroatoms. The second kappa shape index (κ2) is 6.91. The molecule has 0 aliphatic rings. The number of aryl methyl sites for hydroxylation is 2. The van der Waals surface area contributed by atoms with Crippen LogP contribution in [0.25, 0.3) is 0 Å². The van der Waals surface area contributed by atoms with Crippen molar-refractivity contribution in [1.29, 1.82) is 0 Å². The highest BCUT2D eigenvalue weighted by Gasteiger charge is 2.20. The van der Waals surface area contributed by atoms with E-state index in [4.69, 9.17) is 0 Å². The van der Waals surface area contributed by atoms with Gasteiger partial charge >= 0.3 is 0 Å². The summed E-state index contributed by atoms with van der Waals surface area (Å²) in [6.07, 6.45) is 1.84. The normalized spacial score (nSPS) is 10.9. The summed E-state index contributed by atoms with van der Waals surface area (Å²) in [5.41, 5.74) is 2.56. The summed E-state index contributed by atoms with van der Waals surface area (Å²) in [4.78, 5) is 31.3. The topological polar surface area (TPSA) is 91.5 Å². The highest BCUT2D eigenvalue weighted by atomic mass is 32.2. The Kier molecular flexibility index (Phi) is 5.18. The maximum absolute atomic E-state index is 12.3. The van der Waals surface area contributed by atoms with Gasteiger partial charge < -0.3 is 4.98 Å². The molecule has 0 fully saturated rings. The van der Waals surface area contributed by atoms with Gasteiger partial charge in [0, 0.05) is 17.7 Å². The Balaban J connectivity index is 2.06. The molecule has 0 saturated carbocycles. The summed E-state index contributed by atoms with van der Waals surface area (Å²) in [5, 5.41) is 7.52. The molecule has 2 N–H and O–H groups in total. The molecule has 2 aromatic heterocycles. The van der Waals surface area contributed by atoms with Crippen LogP contribution in [-0.2, 0) is 6.42 Å². The summed E-state index contributed by atoms with van der Waals surface area (Å²) in [6.45, 7) is 7.18. The summed E-state index contributed by atoms with van der Waals surface area (Å²) < 4.78 is 0. The smallest absolute Gasteiger partial charge is 0.208 e. The molecule has 0 aromatic carbocycles. The number of nitrogens with one attached hydrogen (secondary N) is 2. The Bertz CT molecular complexity index is 702. The molecule has 0 atom stereocenters. The zero-order valence-corrected chi connectivity index (χ0v) is 14.1. The van der Waals surface area contributed by atoms with Gasteiger partial charge in [-0.15, -0.1) is 5.10 Å². The van der Waals surface area contributed by atoms with Gasteiger partial charge in [-0.3, -0.25) is 14.7 Å². The maximum Gasteiger partial charge on any atom is 0.208 e. The van der Waals surface area contributed by atoms with Crippen molar-refractivity contribution in [2.75, 3.05) is 5.75 Å². The van der Waals surface area contributed by atoms with Gasteiger partial charge in [-0.25, -0.2) is 4.98 Å². The number of hydrogen-bond acceptors (Lipinski definition) is 5. The van der Waals surface area contributed by atoms with Crippen molar-refractivity contribution in [3.05, 3.63) is 28.3 Å². The first-order valence-electron chi connectivity index (χ1n) is 7.21. The molecule has 2 heterocycles. The predicted molar refractivity (Wildman–Crippen MR) is 85.7 cm³/mol. The monoisotopic (exact) mass is 320 g/mol. The number of aromatic nitrogens is 4. The number of thioether (sulfide) groups is 1. The lowest BCUT2D eigenvalue weighted by Gasteiger charge is -1.99. The average molecular weight is 320 g/mol. The van der Waals surface area contributed by atoms with E-state index in [9.17, 15) is 9.59 Å². The van der Waals surface area contributed by atoms with Crippen LogP contribution in [0, 0.1) is 13.8 Å². The molecule has 2 rings (SSSR count). The number of Topliss-reactive ketones (excluding diaryl/α,β-unsaturated/α-hetero) is 2. The van der Waals surface area contributed by atoms with Crippen LogP contribution in [0.15, 0.2) is 5.16 Å². The number of carbonyl (C=O) groups is 2. The lowest BCUT2D eigenvalue weighted by atomic mass is 10.1. The SMILES string of the molecule is CCCc1nc(SCC(=O)c2[nH]c(C)c(C(C)=O)c2C)n[nH]1. The third-order valence-electron chi connectivity index (χ3n) is 3.40. The molecule has 0 unspecified atom stereocenters. The summed E-state index contributed by atoms with van der Waals surface area (Å²) >= 11 is 1.29. The van der Waals surface area contributed by atoms with E-state index in [1.165, 1.54) is 18.7 Å². The van der Waals surface area contributed by atoms with E-state index in [1.54, 1.807) is 13.8 Å². The first-order chi connectivity index (χ1) is 10.4. The maximum atomic E-state index is 12.3. The second-order valence-corrected chi connectivity index (χ2v) is 6.15. The zero-order chi connectivity index (χ0) is 16.3. The Morgan fingerprint density at radius 1 is 1.27 bits per heavy atom. The number of nitrogens with zero attached hydrogens (tertiary/aromatic N) is 2. The van der Waals surface area contributed by atoms with Crippen LogP contribution in [0.5, 0.6) is 0 Å². The molecule has 0 saturated heterocycles. The van der Waals surface area contributed by atoms with Gasteiger partial charge in [0.15, 0.2) is 11.6 Å². The fourth-order valence-electron chi connectivity index (χ4n) is 2.45. The van der Waals surface area contributed by atoms with E-state index in [0.717, 1.165) is 29.9 Å². The molecule has 0 bridgehead atoms. The Morgan fingerprint density at radius 3 is 2.59 bits per heavy atom. The van der Waals surface area contributed by atoms with Crippen LogP contribution < -0.4 is 0 Å². The molecule has 2 aromatic rings. The molecule has 0 aliphatic carbocycles. The van der Waals surface area contributed by atoms with Crippen LogP contribution >= 0.6 is 11.8 Å². The molecule has 0 aliphatic heterocycles. The number of ketones is 2. The second-order valence-electron chi connectivity index (χ2n) is 5.21. The Morgan fingerprint density at radius 2 is 2.00 bits per heavy atom. The van der Waals surface area contributed by atoms with E-state index < -0.39 is 0 Å². The van der Waals surface area contributed by atoms with Crippen molar-refractivity contribution in [3.63, 3.8) is 0 Å². The average Bonchev–Trinajstić information content (AvgIpc) is 3.01. The van der Waals surface area contributed by atoms with Crippen molar-refractivity contribution >= 4 is 23.3 Å². The lowest BCUT2D eigenvalue weighted by Crippen LogP contribution is -2.05. The largest absolute Gasteiger partial charge is 0.355 e. The van der Waals surface area contributed by atoms with E-state index in [1.807, 2.05) is 0 Å². The Hall–Kier alpha value is -1.89. The number of hydrogen-bond donors (Lipinski definition) is 2. The number of rotatable bonds is 7. The first kappa shape index (κ1) is 16.5. The Labute approximate surface area is 133 Å². The highest BCUT2D eigenvalue weighted by molar-refractivity contribution is 7.99. The van der Waals surface area contributed by atoms with Gasteiger partial charge in [0.1, 0.15) is 5.82 Å². The minimum atomic E-state index is -0.0556. The van der Waals surface area contributed by atoms with Crippen LogP contribution in [0.3, 0.4) is 0 Å². The van der Waals surface area contributed by atoms with Crippen LogP contribution in [-0.4, -0.2) is 37.5 Å². The molecule has 0 amide bonds. The fraction of sp³-hybridized carbons (Fsp3) is 0.467. The third kappa shape index (κ3) is 3.47. The van der Waals surface area contributed by atoms with Gasteiger partial charge in [0.25, 0.3) is 0 Å². The molecule has 22 heavy (non-hydrogen) atoms. The quantitative estimate of drug-likeness (QED) is 0.604. The number of H-pyrrole nitrogens is 2. The van der Waals surface area contributed by atoms with E-state index in [2.05, 4.69) is 27.1 Å². The van der Waals surface area contributed by atoms with Crippen LogP contribution in [0.1, 0.15) is 58.2 Å². The summed E-state index contributed by atoms with van der Waals surface area (Å²) in [6, 6.07) is 0. The molecule has 118 valence electrons. The van der Waals surface area contributed by atoms with E-state index >= 15 is 0 Å². The lowest BCUT2D eigenvalue weighted by molar-refractivity contribution is 0.101. The van der Waals surface area contributed by atoms with Crippen molar-refractivity contribution in [2.45, 2.75) is 45.7 Å². The van der Waals surface area contributed by atoms with Crippen LogP contribution in [0.2, 0.25) is 0 Å². The summed E-state index contributed by atoms with van der Waals surface area (Å²) in [7, 11) is 0. The number of aromatic amines is 2. The van der Waals surface area contributed by atoms with Gasteiger partial charge in [-0.05, 0) is 32.8 Å². The predicted octanol–water partition coefficient (Wildman–Crippen LogP) is 2.88. The summed E-state index contributed by atoms with van der Waals surface area (Å²) in [5.74, 6) is 0.987. The van der Waals surface area contributed by atoms with Crippen molar-refractivity contribution < 1.29 is 9.59 Å². The van der Waals surface area contributed by atoms with Gasteiger partial charge in [0.2, 0.25) is 5.16 Å². The highest BCUT2D eigenvalue weighted by Crippen LogP contribution is 2.21. The molecular formula is C15H20N4O2S. The van der Waals surface area contributed by atoms with Crippen molar-refractivity contribution in [3.8, 4) is 0 Å². The zero-order valence-electron chi connectivity index (χ0n) is 13.2. The molecule has 6 nitrogen and oxygen atoms in total. The van der Waals surface area contributed by atoms with Crippen molar-refractivity contribution in [2.24, 2.45) is 0 Å². The third-order valence-corrected chi connectivity index (χ3v) is 4.25.